The van der Waals surface area contributed by atoms with Gasteiger partial charge < -0.3 is 4.74 Å². The second-order valence-electron chi connectivity index (χ2n) is 4.35. The molecule has 0 saturated carbocycles. The number of ketones is 1. The minimum atomic E-state index is -0.476. The summed E-state index contributed by atoms with van der Waals surface area (Å²) in [5.74, 6) is -0.677. The Morgan fingerprint density at radius 2 is 1.85 bits per heavy atom. The monoisotopic (exact) mass is 380 g/mol. The molecule has 20 heavy (non-hydrogen) atoms. The molecule has 4 heteroatoms. The van der Waals surface area contributed by atoms with Crippen molar-refractivity contribution in [2.24, 2.45) is 0 Å². The highest BCUT2D eigenvalue weighted by Crippen LogP contribution is 2.13. The summed E-state index contributed by atoms with van der Waals surface area (Å²) in [5.41, 5.74) is 2.03. The smallest absolute Gasteiger partial charge is 0.339 e. The van der Waals surface area contributed by atoms with Crippen molar-refractivity contribution >= 4 is 34.3 Å². The van der Waals surface area contributed by atoms with Crippen LogP contribution < -0.4 is 0 Å². The third kappa shape index (κ3) is 3.66. The number of carbonyl (C=O) groups excluding carboxylic acids is 2. The average molecular weight is 380 g/mol. The molecule has 3 nitrogen and oxygen atoms in total. The second kappa shape index (κ2) is 6.65. The summed E-state index contributed by atoms with van der Waals surface area (Å²) in [7, 11) is 0. The predicted octanol–water partition coefficient (Wildman–Crippen LogP) is 3.64. The van der Waals surface area contributed by atoms with Crippen LogP contribution in [0.1, 0.15) is 26.3 Å². The summed E-state index contributed by atoms with van der Waals surface area (Å²) < 4.78 is 5.88. The molecule has 2 rings (SSSR count). The van der Waals surface area contributed by atoms with Crippen molar-refractivity contribution in [2.75, 3.05) is 6.61 Å². The first kappa shape index (κ1) is 14.7. The number of rotatable bonds is 4. The summed E-state index contributed by atoms with van der Waals surface area (Å²) in [6.07, 6.45) is 0. The lowest BCUT2D eigenvalue weighted by Gasteiger charge is -2.06. The minimum absolute atomic E-state index is 0.201. The first-order chi connectivity index (χ1) is 9.58. The van der Waals surface area contributed by atoms with Gasteiger partial charge in [0.25, 0.3) is 0 Å². The zero-order valence-electron chi connectivity index (χ0n) is 10.9. The van der Waals surface area contributed by atoms with E-state index in [2.05, 4.69) is 22.6 Å². The molecule has 0 atom stereocenters. The second-order valence-corrected chi connectivity index (χ2v) is 5.51. The normalized spacial score (nSPS) is 10.1. The lowest BCUT2D eigenvalue weighted by Crippen LogP contribution is -2.15. The van der Waals surface area contributed by atoms with Crippen LogP contribution in [0.4, 0.5) is 0 Å². The highest BCUT2D eigenvalue weighted by atomic mass is 127. The van der Waals surface area contributed by atoms with Gasteiger partial charge in [0, 0.05) is 9.13 Å². The zero-order valence-corrected chi connectivity index (χ0v) is 13.1. The maximum atomic E-state index is 11.9. The van der Waals surface area contributed by atoms with Gasteiger partial charge >= 0.3 is 5.97 Å². The standard InChI is InChI=1S/C16H13IO3/c1-11-5-4-6-12(9-11)15(18)10-20-16(19)13-7-2-3-8-14(13)17/h2-9H,10H2,1H3. The molecule has 0 radical (unpaired) electrons. The summed E-state index contributed by atoms with van der Waals surface area (Å²) in [4.78, 5) is 23.8. The van der Waals surface area contributed by atoms with Gasteiger partial charge in [0.2, 0.25) is 0 Å². The fourth-order valence-corrected chi connectivity index (χ4v) is 2.35. The van der Waals surface area contributed by atoms with Crippen molar-refractivity contribution < 1.29 is 14.3 Å². The Balaban J connectivity index is 2.01. The first-order valence-corrected chi connectivity index (χ1v) is 7.17. The van der Waals surface area contributed by atoms with Gasteiger partial charge in [-0.15, -0.1) is 0 Å². The summed E-state index contributed by atoms with van der Waals surface area (Å²) >= 11 is 2.06. The van der Waals surface area contributed by atoms with Crippen LogP contribution in [0.2, 0.25) is 0 Å². The number of halogens is 1. The SMILES string of the molecule is Cc1cccc(C(=O)COC(=O)c2ccccc2I)c1. The van der Waals surface area contributed by atoms with Gasteiger partial charge in [0.05, 0.1) is 5.56 Å². The van der Waals surface area contributed by atoms with Crippen LogP contribution in [0.15, 0.2) is 48.5 Å². The molecule has 0 bridgehead atoms. The van der Waals surface area contributed by atoms with E-state index in [1.807, 2.05) is 31.2 Å². The molecule has 0 aromatic heterocycles. The third-order valence-electron chi connectivity index (χ3n) is 2.77. The van der Waals surface area contributed by atoms with Crippen LogP contribution in [0.3, 0.4) is 0 Å². The first-order valence-electron chi connectivity index (χ1n) is 6.09. The van der Waals surface area contributed by atoms with Crippen molar-refractivity contribution in [1.29, 1.82) is 0 Å². The van der Waals surface area contributed by atoms with Crippen LogP contribution in [0, 0.1) is 10.5 Å². The van der Waals surface area contributed by atoms with Crippen molar-refractivity contribution in [3.05, 3.63) is 68.8 Å². The Hall–Kier alpha value is -1.69. The molecule has 0 aliphatic rings. The molecule has 2 aromatic carbocycles. The van der Waals surface area contributed by atoms with E-state index in [0.717, 1.165) is 9.13 Å². The van der Waals surface area contributed by atoms with Gasteiger partial charge in [0.1, 0.15) is 0 Å². The Kier molecular flexibility index (Phi) is 4.89. The highest BCUT2D eigenvalue weighted by molar-refractivity contribution is 14.1. The van der Waals surface area contributed by atoms with E-state index >= 15 is 0 Å². The molecule has 2 aromatic rings. The van der Waals surface area contributed by atoms with Crippen LogP contribution in [-0.2, 0) is 4.74 Å². The third-order valence-corrected chi connectivity index (χ3v) is 3.71. The number of hydrogen-bond acceptors (Lipinski definition) is 3. The number of esters is 1. The number of benzene rings is 2. The van der Waals surface area contributed by atoms with Crippen molar-refractivity contribution in [3.8, 4) is 0 Å². The lowest BCUT2D eigenvalue weighted by molar-refractivity contribution is 0.0473. The maximum absolute atomic E-state index is 11.9. The van der Waals surface area contributed by atoms with Crippen LogP contribution in [0.5, 0.6) is 0 Å². The van der Waals surface area contributed by atoms with E-state index in [-0.39, 0.29) is 12.4 Å². The largest absolute Gasteiger partial charge is 0.454 e. The lowest BCUT2D eigenvalue weighted by atomic mass is 10.1. The van der Waals surface area contributed by atoms with Gasteiger partial charge in [-0.2, -0.15) is 0 Å². The molecule has 0 amide bonds. The number of Topliss-reactive ketones (excluding diaryl/α,β-unsaturated/α-hetero) is 1. The molecule has 102 valence electrons. The maximum Gasteiger partial charge on any atom is 0.339 e. The molecule has 0 aliphatic carbocycles. The van der Waals surface area contributed by atoms with Gasteiger partial charge in [-0.25, -0.2) is 4.79 Å². The average Bonchev–Trinajstić information content (AvgIpc) is 2.45. The highest BCUT2D eigenvalue weighted by Gasteiger charge is 2.13. The fourth-order valence-electron chi connectivity index (χ4n) is 1.74. The fraction of sp³-hybridized carbons (Fsp3) is 0.125. The molecule has 0 N–H and O–H groups in total. The van der Waals surface area contributed by atoms with Crippen LogP contribution in [0.25, 0.3) is 0 Å². The van der Waals surface area contributed by atoms with E-state index in [4.69, 9.17) is 4.74 Å². The van der Waals surface area contributed by atoms with Crippen LogP contribution >= 0.6 is 22.6 Å². The van der Waals surface area contributed by atoms with Crippen LogP contribution in [-0.4, -0.2) is 18.4 Å². The molecular formula is C16H13IO3. The van der Waals surface area contributed by atoms with E-state index in [1.165, 1.54) is 0 Å². The van der Waals surface area contributed by atoms with Gasteiger partial charge in [-0.3, -0.25) is 4.79 Å². The molecule has 0 spiro atoms. The van der Waals surface area contributed by atoms with E-state index in [0.29, 0.717) is 11.1 Å². The van der Waals surface area contributed by atoms with Gasteiger partial charge in [-0.1, -0.05) is 35.9 Å². The number of hydrogen-bond donors (Lipinski definition) is 0. The summed E-state index contributed by atoms with van der Waals surface area (Å²) in [5, 5.41) is 0. The predicted molar refractivity (Wildman–Crippen MR) is 85.0 cm³/mol. The molecular weight excluding hydrogens is 367 g/mol. The summed E-state index contributed by atoms with van der Waals surface area (Å²) in [6.45, 7) is 1.67. The zero-order chi connectivity index (χ0) is 14.5. The summed E-state index contributed by atoms with van der Waals surface area (Å²) in [6, 6.07) is 14.3. The van der Waals surface area contributed by atoms with E-state index in [9.17, 15) is 9.59 Å². The Labute approximate surface area is 131 Å². The quantitative estimate of drug-likeness (QED) is 0.462. The Morgan fingerprint density at radius 3 is 2.55 bits per heavy atom. The van der Waals surface area contributed by atoms with Crippen molar-refractivity contribution in [3.63, 3.8) is 0 Å². The Bertz CT molecular complexity index is 650. The van der Waals surface area contributed by atoms with Gasteiger partial charge in [-0.05, 0) is 47.7 Å². The molecule has 0 heterocycles. The Morgan fingerprint density at radius 1 is 1.10 bits per heavy atom. The van der Waals surface area contributed by atoms with Gasteiger partial charge in [0.15, 0.2) is 12.4 Å². The number of ether oxygens (including phenoxy) is 1. The van der Waals surface area contributed by atoms with E-state index < -0.39 is 5.97 Å². The number of aryl methyl sites for hydroxylation is 1. The topological polar surface area (TPSA) is 43.4 Å². The minimum Gasteiger partial charge on any atom is -0.454 e. The van der Waals surface area contributed by atoms with Crippen molar-refractivity contribution in [2.45, 2.75) is 6.92 Å². The molecule has 0 fully saturated rings. The molecule has 0 saturated heterocycles. The molecule has 0 unspecified atom stereocenters. The molecule has 0 aliphatic heterocycles. The van der Waals surface area contributed by atoms with E-state index in [1.54, 1.807) is 24.3 Å². The number of carbonyl (C=O) groups is 2. The van der Waals surface area contributed by atoms with Crippen molar-refractivity contribution in [1.82, 2.24) is 0 Å².